The molecule has 3 heterocycles. The molecule has 1 aromatic heterocycles. The molecule has 4 rings (SSSR count). The van der Waals surface area contributed by atoms with Gasteiger partial charge in [0, 0.05) is 37.2 Å². The monoisotopic (exact) mass is 469 g/mol. The Kier molecular flexibility index (Phi) is 5.96. The molecule has 2 aromatic rings. The molecular weight excluding hydrogens is 450 g/mol. The molecule has 1 aromatic carbocycles. The third-order valence-electron chi connectivity index (χ3n) is 4.87. The number of thiazole rings is 1. The number of carbonyl (C=O) groups is 2. The first-order valence-electron chi connectivity index (χ1n) is 9.44. The van der Waals surface area contributed by atoms with E-state index < -0.39 is 10.0 Å². The Morgan fingerprint density at radius 1 is 1.27 bits per heavy atom. The molecule has 0 saturated carbocycles. The summed E-state index contributed by atoms with van der Waals surface area (Å²) in [4.78, 5) is 30.0. The molecule has 0 spiro atoms. The first-order chi connectivity index (χ1) is 14.3. The lowest BCUT2D eigenvalue weighted by molar-refractivity contribution is -0.115. The van der Waals surface area contributed by atoms with Crippen molar-refractivity contribution >= 4 is 55.7 Å². The van der Waals surface area contributed by atoms with Crippen LogP contribution < -0.4 is 15.5 Å². The predicted molar refractivity (Wildman–Crippen MR) is 115 cm³/mol. The van der Waals surface area contributed by atoms with Crippen LogP contribution in [0.4, 0.5) is 15.6 Å². The zero-order valence-electron chi connectivity index (χ0n) is 15.9. The highest BCUT2D eigenvalue weighted by Crippen LogP contribution is 2.30. The van der Waals surface area contributed by atoms with Gasteiger partial charge < -0.3 is 10.6 Å². The van der Waals surface area contributed by atoms with Crippen LogP contribution in [-0.4, -0.2) is 55.8 Å². The third-order valence-corrected chi connectivity index (χ3v) is 8.16. The van der Waals surface area contributed by atoms with Gasteiger partial charge in [0.1, 0.15) is 4.90 Å². The fourth-order valence-corrected chi connectivity index (χ4v) is 6.24. The number of rotatable bonds is 6. The van der Waals surface area contributed by atoms with Gasteiger partial charge in [-0.3, -0.25) is 9.69 Å². The van der Waals surface area contributed by atoms with E-state index >= 15 is 0 Å². The lowest BCUT2D eigenvalue weighted by atomic mass is 10.3. The van der Waals surface area contributed by atoms with Crippen molar-refractivity contribution in [2.45, 2.75) is 24.2 Å². The van der Waals surface area contributed by atoms with Crippen LogP contribution in [0.2, 0.25) is 5.02 Å². The van der Waals surface area contributed by atoms with Gasteiger partial charge in [-0.05, 0) is 31.0 Å². The molecule has 12 heteroatoms. The maximum atomic E-state index is 12.8. The van der Waals surface area contributed by atoms with Crippen molar-refractivity contribution in [2.24, 2.45) is 0 Å². The number of urea groups is 1. The van der Waals surface area contributed by atoms with Gasteiger partial charge in [-0.25, -0.2) is 18.2 Å². The van der Waals surface area contributed by atoms with E-state index in [1.54, 1.807) is 11.4 Å². The molecule has 2 N–H and O–H groups in total. The van der Waals surface area contributed by atoms with Crippen LogP contribution in [0.25, 0.3) is 0 Å². The van der Waals surface area contributed by atoms with E-state index in [1.807, 2.05) is 0 Å². The van der Waals surface area contributed by atoms with Crippen molar-refractivity contribution in [3.8, 4) is 0 Å². The first-order valence-corrected chi connectivity index (χ1v) is 12.1. The van der Waals surface area contributed by atoms with E-state index in [-0.39, 0.29) is 28.3 Å². The fourth-order valence-electron chi connectivity index (χ4n) is 3.37. The summed E-state index contributed by atoms with van der Waals surface area (Å²) in [6.07, 6.45) is 1.65. The molecule has 160 valence electrons. The van der Waals surface area contributed by atoms with Crippen LogP contribution in [0, 0.1) is 0 Å². The minimum absolute atomic E-state index is 0.00277. The number of halogens is 1. The minimum atomic E-state index is -3.70. The van der Waals surface area contributed by atoms with Crippen LogP contribution in [0.15, 0.2) is 28.5 Å². The average molecular weight is 470 g/mol. The molecule has 0 radical (unpaired) electrons. The number of amides is 3. The predicted octanol–water partition coefficient (Wildman–Crippen LogP) is 2.29. The van der Waals surface area contributed by atoms with Crippen molar-refractivity contribution < 1.29 is 18.0 Å². The molecule has 0 unspecified atom stereocenters. The summed E-state index contributed by atoms with van der Waals surface area (Å²) in [6, 6.07) is 4.21. The number of hydrogen-bond donors (Lipinski definition) is 2. The van der Waals surface area contributed by atoms with Crippen molar-refractivity contribution in [3.63, 3.8) is 0 Å². The molecule has 9 nitrogen and oxygen atoms in total. The van der Waals surface area contributed by atoms with E-state index in [0.29, 0.717) is 42.7 Å². The molecule has 2 aliphatic heterocycles. The number of benzene rings is 1. The highest BCUT2D eigenvalue weighted by molar-refractivity contribution is 7.89. The van der Waals surface area contributed by atoms with Gasteiger partial charge in [0.25, 0.3) is 0 Å². The average Bonchev–Trinajstić information content (AvgIpc) is 3.45. The second kappa shape index (κ2) is 8.50. The van der Waals surface area contributed by atoms with Crippen LogP contribution in [0.1, 0.15) is 18.5 Å². The van der Waals surface area contributed by atoms with Gasteiger partial charge in [0.05, 0.1) is 17.1 Å². The topological polar surface area (TPSA) is 112 Å². The number of nitrogens with zero attached hydrogens (tertiary/aromatic N) is 3. The summed E-state index contributed by atoms with van der Waals surface area (Å²) < 4.78 is 27.1. The van der Waals surface area contributed by atoms with Gasteiger partial charge in [-0.1, -0.05) is 11.6 Å². The molecule has 2 fully saturated rings. The Hall–Kier alpha value is -2.21. The lowest BCUT2D eigenvalue weighted by Gasteiger charge is -2.17. The summed E-state index contributed by atoms with van der Waals surface area (Å²) in [7, 11) is -3.70. The van der Waals surface area contributed by atoms with E-state index in [4.69, 9.17) is 11.6 Å². The minimum Gasteiger partial charge on any atom is -0.336 e. The Bertz CT molecular complexity index is 1080. The van der Waals surface area contributed by atoms with Gasteiger partial charge in [-0.2, -0.15) is 4.31 Å². The van der Waals surface area contributed by atoms with Gasteiger partial charge in [-0.15, -0.1) is 11.3 Å². The first kappa shape index (κ1) is 21.0. The molecule has 3 amide bonds. The van der Waals surface area contributed by atoms with E-state index in [9.17, 15) is 18.0 Å². The van der Waals surface area contributed by atoms with Gasteiger partial charge >= 0.3 is 6.03 Å². The third kappa shape index (κ3) is 4.29. The molecule has 0 bridgehead atoms. The second-order valence-corrected chi connectivity index (χ2v) is 10.1. The van der Waals surface area contributed by atoms with Gasteiger partial charge in [0.15, 0.2) is 5.13 Å². The summed E-state index contributed by atoms with van der Waals surface area (Å²) in [5.41, 5.74) is 0.877. The standard InChI is InChI=1S/C18H20ClN5O4S2/c19-14-4-3-12(9-15(14)30(27,28)23-6-1-2-7-23)21-16(25)10-13-11-29-18(22-13)24-8-5-20-17(24)26/h3-4,9,11H,1-2,5-8,10H2,(H,20,26)(H,21,25). The number of hydrogen-bond acceptors (Lipinski definition) is 6. The Balaban J connectivity index is 1.45. The SMILES string of the molecule is O=C(Cc1csc(N2CCNC2=O)n1)Nc1ccc(Cl)c(S(=O)(=O)N2CCCC2)c1. The molecule has 0 atom stereocenters. The Labute approximate surface area is 183 Å². The largest absolute Gasteiger partial charge is 0.336 e. The zero-order valence-corrected chi connectivity index (χ0v) is 18.3. The Morgan fingerprint density at radius 3 is 2.73 bits per heavy atom. The molecule has 0 aliphatic carbocycles. The van der Waals surface area contributed by atoms with Gasteiger partial charge in [0.2, 0.25) is 15.9 Å². The molecular formula is C18H20ClN5O4S2. The van der Waals surface area contributed by atoms with E-state index in [0.717, 1.165) is 12.8 Å². The normalized spacial score (nSPS) is 17.4. The number of sulfonamides is 1. The van der Waals surface area contributed by atoms with Crippen LogP contribution in [0.3, 0.4) is 0 Å². The molecule has 30 heavy (non-hydrogen) atoms. The Morgan fingerprint density at radius 2 is 2.03 bits per heavy atom. The number of nitrogens with one attached hydrogen (secondary N) is 2. The molecule has 2 aliphatic rings. The summed E-state index contributed by atoms with van der Waals surface area (Å²) in [5, 5.41) is 7.79. The number of anilines is 2. The number of carbonyl (C=O) groups excluding carboxylic acids is 2. The smallest absolute Gasteiger partial charge is 0.323 e. The maximum Gasteiger partial charge on any atom is 0.323 e. The summed E-state index contributed by atoms with van der Waals surface area (Å²) in [5.74, 6) is -0.343. The summed E-state index contributed by atoms with van der Waals surface area (Å²) in [6.45, 7) is 2.04. The van der Waals surface area contributed by atoms with Crippen molar-refractivity contribution in [3.05, 3.63) is 34.3 Å². The summed E-state index contributed by atoms with van der Waals surface area (Å²) >= 11 is 7.43. The van der Waals surface area contributed by atoms with E-state index in [2.05, 4.69) is 15.6 Å². The van der Waals surface area contributed by atoms with Crippen molar-refractivity contribution in [2.75, 3.05) is 36.4 Å². The van der Waals surface area contributed by atoms with Crippen molar-refractivity contribution in [1.29, 1.82) is 0 Å². The number of aromatic nitrogens is 1. The van der Waals surface area contributed by atoms with Crippen molar-refractivity contribution in [1.82, 2.24) is 14.6 Å². The zero-order chi connectivity index (χ0) is 21.3. The van der Waals surface area contributed by atoms with Crippen LogP contribution >= 0.6 is 22.9 Å². The lowest BCUT2D eigenvalue weighted by Crippen LogP contribution is -2.28. The fraction of sp³-hybridized carbons (Fsp3) is 0.389. The van der Waals surface area contributed by atoms with E-state index in [1.165, 1.54) is 32.7 Å². The maximum absolute atomic E-state index is 12.8. The highest BCUT2D eigenvalue weighted by atomic mass is 35.5. The second-order valence-electron chi connectivity index (χ2n) is 6.99. The quantitative estimate of drug-likeness (QED) is 0.674. The molecule has 2 saturated heterocycles. The van der Waals surface area contributed by atoms with Crippen LogP contribution in [-0.2, 0) is 21.2 Å². The highest BCUT2D eigenvalue weighted by Gasteiger charge is 2.29. The van der Waals surface area contributed by atoms with Crippen LogP contribution in [0.5, 0.6) is 0 Å².